The monoisotopic (exact) mass is 452 g/mol. The first-order valence-electron chi connectivity index (χ1n) is 9.15. The van der Waals surface area contributed by atoms with Crippen molar-refractivity contribution >= 4 is 39.2 Å². The Labute approximate surface area is 179 Å². The van der Waals surface area contributed by atoms with Gasteiger partial charge in [0.2, 0.25) is 10.0 Å². The van der Waals surface area contributed by atoms with Crippen LogP contribution in [0.2, 0.25) is 5.02 Å². The van der Waals surface area contributed by atoms with Crippen molar-refractivity contribution in [2.45, 2.75) is 17.7 Å². The largest absolute Gasteiger partial charge is 0.495 e. The first-order valence-corrected chi connectivity index (χ1v) is 11.0. The summed E-state index contributed by atoms with van der Waals surface area (Å²) in [5.74, 6) is -1.10. The maximum atomic E-state index is 13.0. The molecule has 8 nitrogen and oxygen atoms in total. The Balaban J connectivity index is 1.96. The predicted molar refractivity (Wildman–Crippen MR) is 112 cm³/mol. The van der Waals surface area contributed by atoms with Crippen molar-refractivity contribution in [1.29, 1.82) is 0 Å². The van der Waals surface area contributed by atoms with Gasteiger partial charge in [-0.2, -0.15) is 4.31 Å². The van der Waals surface area contributed by atoms with Crippen LogP contribution < -0.4 is 10.1 Å². The van der Waals surface area contributed by atoms with Crippen LogP contribution in [0.1, 0.15) is 33.6 Å². The molecule has 2 aromatic rings. The SMILES string of the molecule is COC(=O)c1ccc(Cl)cc1NC(=O)c1ccc(OC)c(S(=O)(=O)N2CCCC2)c1. The van der Waals surface area contributed by atoms with Crippen LogP contribution in [0, 0.1) is 0 Å². The van der Waals surface area contributed by atoms with Crippen molar-refractivity contribution in [3.05, 3.63) is 52.5 Å². The molecule has 3 rings (SSSR count). The Bertz CT molecular complexity index is 1080. The number of esters is 1. The standard InChI is InChI=1S/C20H21ClN2O6S/c1-28-17-8-5-13(11-18(17)30(26,27)23-9-3-4-10-23)19(24)22-16-12-14(21)6-7-15(16)20(25)29-2/h5-8,11-12H,3-4,9-10H2,1-2H3,(H,22,24). The van der Waals surface area contributed by atoms with Crippen LogP contribution in [0.3, 0.4) is 0 Å². The molecule has 1 saturated heterocycles. The number of nitrogens with zero attached hydrogens (tertiary/aromatic N) is 1. The number of carbonyl (C=O) groups is 2. The zero-order valence-electron chi connectivity index (χ0n) is 16.5. The van der Waals surface area contributed by atoms with Crippen molar-refractivity contribution < 1.29 is 27.5 Å². The molecule has 1 aliphatic heterocycles. The summed E-state index contributed by atoms with van der Waals surface area (Å²) in [5.41, 5.74) is 0.358. The maximum absolute atomic E-state index is 13.0. The van der Waals surface area contributed by atoms with Gasteiger partial charge in [0.05, 0.1) is 25.5 Å². The number of hydrogen-bond donors (Lipinski definition) is 1. The maximum Gasteiger partial charge on any atom is 0.339 e. The number of rotatable bonds is 6. The number of hydrogen-bond acceptors (Lipinski definition) is 6. The Morgan fingerprint density at radius 3 is 2.40 bits per heavy atom. The summed E-state index contributed by atoms with van der Waals surface area (Å²) in [6, 6.07) is 8.48. The van der Waals surface area contributed by atoms with Gasteiger partial charge in [-0.1, -0.05) is 11.6 Å². The van der Waals surface area contributed by atoms with Crippen LogP contribution in [0.5, 0.6) is 5.75 Å². The van der Waals surface area contributed by atoms with Gasteiger partial charge in [0.25, 0.3) is 5.91 Å². The lowest BCUT2D eigenvalue weighted by Crippen LogP contribution is -2.28. The molecule has 0 atom stereocenters. The smallest absolute Gasteiger partial charge is 0.339 e. The topological polar surface area (TPSA) is 102 Å². The molecular weight excluding hydrogens is 432 g/mol. The number of amides is 1. The van der Waals surface area contributed by atoms with E-state index >= 15 is 0 Å². The molecule has 10 heteroatoms. The second-order valence-corrected chi connectivity index (χ2v) is 8.96. The third-order valence-corrected chi connectivity index (χ3v) is 6.90. The Kier molecular flexibility index (Phi) is 6.64. The highest BCUT2D eigenvalue weighted by Gasteiger charge is 2.30. The van der Waals surface area contributed by atoms with Crippen LogP contribution >= 0.6 is 11.6 Å². The van der Waals surface area contributed by atoms with Gasteiger partial charge in [-0.15, -0.1) is 0 Å². The fraction of sp³-hybridized carbons (Fsp3) is 0.300. The summed E-state index contributed by atoms with van der Waals surface area (Å²) in [7, 11) is -1.22. The van der Waals surface area contributed by atoms with Crippen molar-refractivity contribution in [2.75, 3.05) is 32.6 Å². The summed E-state index contributed by atoms with van der Waals surface area (Å²) in [6.07, 6.45) is 1.57. The van der Waals surface area contributed by atoms with E-state index in [9.17, 15) is 18.0 Å². The van der Waals surface area contributed by atoms with Gasteiger partial charge in [-0.05, 0) is 49.2 Å². The molecule has 160 valence electrons. The molecule has 1 fully saturated rings. The van der Waals surface area contributed by atoms with E-state index in [2.05, 4.69) is 5.32 Å². The zero-order valence-corrected chi connectivity index (χ0v) is 18.0. The summed E-state index contributed by atoms with van der Waals surface area (Å²) < 4.78 is 37.3. The quantitative estimate of drug-likeness (QED) is 0.675. The number of methoxy groups -OCH3 is 2. The van der Waals surface area contributed by atoms with Crippen molar-refractivity contribution in [2.24, 2.45) is 0 Å². The third-order valence-electron chi connectivity index (χ3n) is 4.74. The second kappa shape index (κ2) is 9.03. The predicted octanol–water partition coefficient (Wildman–Crippen LogP) is 3.17. The van der Waals surface area contributed by atoms with E-state index in [1.165, 1.54) is 54.9 Å². The van der Waals surface area contributed by atoms with Crippen molar-refractivity contribution in [3.8, 4) is 5.75 Å². The lowest BCUT2D eigenvalue weighted by Gasteiger charge is -2.18. The molecule has 1 heterocycles. The molecule has 0 unspecified atom stereocenters. The summed E-state index contributed by atoms with van der Waals surface area (Å²) in [4.78, 5) is 24.7. The fourth-order valence-corrected chi connectivity index (χ4v) is 5.06. The zero-order chi connectivity index (χ0) is 21.9. The number of ether oxygens (including phenoxy) is 2. The number of sulfonamides is 1. The molecule has 0 bridgehead atoms. The lowest BCUT2D eigenvalue weighted by molar-refractivity contribution is 0.0602. The van der Waals surface area contributed by atoms with Gasteiger partial charge in [-0.25, -0.2) is 13.2 Å². The van der Waals surface area contributed by atoms with E-state index < -0.39 is 21.9 Å². The number of halogens is 1. The fourth-order valence-electron chi connectivity index (χ4n) is 3.19. The number of benzene rings is 2. The summed E-state index contributed by atoms with van der Waals surface area (Å²) >= 11 is 5.99. The van der Waals surface area contributed by atoms with Crippen LogP contribution in [-0.2, 0) is 14.8 Å². The van der Waals surface area contributed by atoms with Gasteiger partial charge in [0.15, 0.2) is 0 Å². The minimum Gasteiger partial charge on any atom is -0.495 e. The summed E-state index contributed by atoms with van der Waals surface area (Å²) in [5, 5.41) is 2.91. The van der Waals surface area contributed by atoms with E-state index in [0.29, 0.717) is 18.1 Å². The second-order valence-electron chi connectivity index (χ2n) is 6.61. The summed E-state index contributed by atoms with van der Waals surface area (Å²) in [6.45, 7) is 0.847. The van der Waals surface area contributed by atoms with Gasteiger partial charge in [0, 0.05) is 23.7 Å². The third kappa shape index (κ3) is 4.43. The highest BCUT2D eigenvalue weighted by Crippen LogP contribution is 2.30. The molecule has 0 saturated carbocycles. The number of anilines is 1. The average Bonchev–Trinajstić information content (AvgIpc) is 3.28. The highest BCUT2D eigenvalue weighted by atomic mass is 35.5. The molecule has 30 heavy (non-hydrogen) atoms. The minimum absolute atomic E-state index is 0.0844. The molecule has 1 amide bonds. The number of nitrogens with one attached hydrogen (secondary N) is 1. The van der Waals surface area contributed by atoms with Crippen LogP contribution in [0.4, 0.5) is 5.69 Å². The lowest BCUT2D eigenvalue weighted by atomic mass is 10.1. The molecular formula is C20H21ClN2O6S. The van der Waals surface area contributed by atoms with Gasteiger partial charge in [0.1, 0.15) is 10.6 Å². The van der Waals surface area contributed by atoms with Crippen LogP contribution in [0.25, 0.3) is 0 Å². The first kappa shape index (κ1) is 22.1. The van der Waals surface area contributed by atoms with Crippen molar-refractivity contribution in [1.82, 2.24) is 4.31 Å². The normalized spacial score (nSPS) is 14.4. The molecule has 0 radical (unpaired) electrons. The van der Waals surface area contributed by atoms with E-state index in [4.69, 9.17) is 21.1 Å². The Hall–Kier alpha value is -2.62. The Morgan fingerprint density at radius 2 is 1.77 bits per heavy atom. The average molecular weight is 453 g/mol. The molecule has 2 aromatic carbocycles. The van der Waals surface area contributed by atoms with E-state index in [1.807, 2.05) is 0 Å². The molecule has 1 aliphatic rings. The number of carbonyl (C=O) groups excluding carboxylic acids is 2. The van der Waals surface area contributed by atoms with E-state index in [0.717, 1.165) is 12.8 Å². The molecule has 1 N–H and O–H groups in total. The Morgan fingerprint density at radius 1 is 1.07 bits per heavy atom. The highest BCUT2D eigenvalue weighted by molar-refractivity contribution is 7.89. The van der Waals surface area contributed by atoms with E-state index in [1.54, 1.807) is 0 Å². The molecule has 0 aliphatic carbocycles. The van der Waals surface area contributed by atoms with E-state index in [-0.39, 0.29) is 27.5 Å². The molecule has 0 aromatic heterocycles. The van der Waals surface area contributed by atoms with Crippen molar-refractivity contribution in [3.63, 3.8) is 0 Å². The van der Waals surface area contributed by atoms with Crippen LogP contribution in [-0.4, -0.2) is 51.9 Å². The minimum atomic E-state index is -3.81. The van der Waals surface area contributed by atoms with Gasteiger partial charge >= 0.3 is 5.97 Å². The molecule has 0 spiro atoms. The van der Waals surface area contributed by atoms with Crippen LogP contribution in [0.15, 0.2) is 41.3 Å². The first-order chi connectivity index (χ1) is 14.3. The van der Waals surface area contributed by atoms with Gasteiger partial charge < -0.3 is 14.8 Å². The van der Waals surface area contributed by atoms with Gasteiger partial charge in [-0.3, -0.25) is 4.79 Å².